The number of benzene rings is 2. The van der Waals surface area contributed by atoms with Crippen molar-refractivity contribution in [1.29, 1.82) is 0 Å². The fourth-order valence-electron chi connectivity index (χ4n) is 2.55. The van der Waals surface area contributed by atoms with Crippen molar-refractivity contribution in [3.05, 3.63) is 59.1 Å². The largest absolute Gasteiger partial charge is 0.481 e. The molecule has 3 nitrogen and oxygen atoms in total. The van der Waals surface area contributed by atoms with E-state index in [0.717, 1.165) is 12.2 Å². The summed E-state index contributed by atoms with van der Waals surface area (Å²) in [7, 11) is 0. The van der Waals surface area contributed by atoms with E-state index < -0.39 is 6.10 Å². The number of amides is 1. The summed E-state index contributed by atoms with van der Waals surface area (Å²) in [6, 6.07) is 15.3. The quantitative estimate of drug-likeness (QED) is 0.887. The maximum atomic E-state index is 12.4. The Morgan fingerprint density at radius 3 is 2.78 bits per heavy atom. The van der Waals surface area contributed by atoms with Gasteiger partial charge in [0.2, 0.25) is 0 Å². The SMILES string of the molecule is C[C@H](Oc1ccc(Cl)cc1)C(=O)N[C@H]1CCSc2ccccc21. The Morgan fingerprint density at radius 1 is 1.26 bits per heavy atom. The van der Waals surface area contributed by atoms with Gasteiger partial charge in [0.1, 0.15) is 5.75 Å². The first-order chi connectivity index (χ1) is 11.1. The Kier molecular flexibility index (Phi) is 5.13. The summed E-state index contributed by atoms with van der Waals surface area (Å²) in [4.78, 5) is 13.7. The van der Waals surface area contributed by atoms with Gasteiger partial charge < -0.3 is 10.1 Å². The van der Waals surface area contributed by atoms with E-state index in [9.17, 15) is 4.79 Å². The van der Waals surface area contributed by atoms with Gasteiger partial charge in [0.15, 0.2) is 6.10 Å². The molecule has 1 aliphatic heterocycles. The number of hydrogen-bond acceptors (Lipinski definition) is 3. The number of thioether (sulfide) groups is 1. The van der Waals surface area contributed by atoms with Gasteiger partial charge >= 0.3 is 0 Å². The molecule has 2 aromatic carbocycles. The van der Waals surface area contributed by atoms with Crippen LogP contribution in [0.4, 0.5) is 0 Å². The highest BCUT2D eigenvalue weighted by Crippen LogP contribution is 2.35. The van der Waals surface area contributed by atoms with E-state index in [-0.39, 0.29) is 11.9 Å². The summed E-state index contributed by atoms with van der Waals surface area (Å²) in [5.41, 5.74) is 1.19. The van der Waals surface area contributed by atoms with Crippen molar-refractivity contribution >= 4 is 29.3 Å². The van der Waals surface area contributed by atoms with Crippen LogP contribution in [-0.2, 0) is 4.79 Å². The molecule has 3 rings (SSSR count). The maximum absolute atomic E-state index is 12.4. The number of ether oxygens (including phenoxy) is 1. The van der Waals surface area contributed by atoms with Crippen molar-refractivity contribution in [2.24, 2.45) is 0 Å². The van der Waals surface area contributed by atoms with E-state index in [4.69, 9.17) is 16.3 Å². The lowest BCUT2D eigenvalue weighted by molar-refractivity contribution is -0.128. The molecule has 0 saturated carbocycles. The summed E-state index contributed by atoms with van der Waals surface area (Å²) in [5.74, 6) is 1.54. The normalized spacial score (nSPS) is 17.9. The summed E-state index contributed by atoms with van der Waals surface area (Å²) < 4.78 is 5.68. The van der Waals surface area contributed by atoms with Crippen LogP contribution in [0, 0.1) is 0 Å². The second-order valence-corrected chi connectivity index (χ2v) is 7.02. The highest BCUT2D eigenvalue weighted by atomic mass is 35.5. The van der Waals surface area contributed by atoms with Crippen LogP contribution in [0.1, 0.15) is 24.9 Å². The number of hydrogen-bond donors (Lipinski definition) is 1. The second kappa shape index (κ2) is 7.28. The highest BCUT2D eigenvalue weighted by Gasteiger charge is 2.24. The molecule has 0 aromatic heterocycles. The van der Waals surface area contributed by atoms with Gasteiger partial charge in [-0.15, -0.1) is 11.8 Å². The van der Waals surface area contributed by atoms with E-state index in [2.05, 4.69) is 17.4 Å². The molecule has 1 amide bonds. The lowest BCUT2D eigenvalue weighted by Crippen LogP contribution is -2.39. The molecule has 2 aromatic rings. The lowest BCUT2D eigenvalue weighted by Gasteiger charge is -2.27. The standard InChI is InChI=1S/C18H18ClNO2S/c1-12(22-14-8-6-13(19)7-9-14)18(21)20-16-10-11-23-17-5-3-2-4-15(16)17/h2-9,12,16H,10-11H2,1H3,(H,20,21)/t12-,16-/m0/s1. The van der Waals surface area contributed by atoms with Crippen LogP contribution in [0.2, 0.25) is 5.02 Å². The zero-order valence-electron chi connectivity index (χ0n) is 12.8. The third-order valence-corrected chi connectivity index (χ3v) is 5.15. The molecule has 120 valence electrons. The van der Waals surface area contributed by atoms with Crippen molar-refractivity contribution in [3.8, 4) is 5.75 Å². The van der Waals surface area contributed by atoms with E-state index in [0.29, 0.717) is 10.8 Å². The average molecular weight is 348 g/mol. The number of rotatable bonds is 4. The molecule has 1 N–H and O–H groups in total. The minimum absolute atomic E-state index is 0.0521. The average Bonchev–Trinajstić information content (AvgIpc) is 2.57. The third kappa shape index (κ3) is 4.01. The Bertz CT molecular complexity index is 690. The summed E-state index contributed by atoms with van der Waals surface area (Å²) in [6.07, 6.45) is 0.374. The topological polar surface area (TPSA) is 38.3 Å². The fraction of sp³-hybridized carbons (Fsp3) is 0.278. The van der Waals surface area contributed by atoms with E-state index in [1.54, 1.807) is 31.2 Å². The Morgan fingerprint density at radius 2 is 2.00 bits per heavy atom. The molecule has 0 fully saturated rings. The molecule has 1 aliphatic rings. The van der Waals surface area contributed by atoms with Gasteiger partial charge in [-0.3, -0.25) is 4.79 Å². The third-order valence-electron chi connectivity index (χ3n) is 3.77. The van der Waals surface area contributed by atoms with Gasteiger partial charge in [0, 0.05) is 15.7 Å². The molecular formula is C18H18ClNO2S. The smallest absolute Gasteiger partial charge is 0.261 e. The summed E-state index contributed by atoms with van der Waals surface area (Å²) in [5, 5.41) is 3.75. The first kappa shape index (κ1) is 16.2. The molecule has 1 heterocycles. The van der Waals surface area contributed by atoms with E-state index in [1.807, 2.05) is 23.9 Å². The van der Waals surface area contributed by atoms with Crippen molar-refractivity contribution in [3.63, 3.8) is 0 Å². The van der Waals surface area contributed by atoms with Crippen molar-refractivity contribution < 1.29 is 9.53 Å². The van der Waals surface area contributed by atoms with Gasteiger partial charge in [-0.2, -0.15) is 0 Å². The van der Waals surface area contributed by atoms with Crippen LogP contribution in [0.15, 0.2) is 53.4 Å². The fourth-order valence-corrected chi connectivity index (χ4v) is 3.80. The molecule has 0 aliphatic carbocycles. The highest BCUT2D eigenvalue weighted by molar-refractivity contribution is 7.99. The van der Waals surface area contributed by atoms with Gasteiger partial charge in [-0.25, -0.2) is 0 Å². The van der Waals surface area contributed by atoms with Gasteiger partial charge in [-0.05, 0) is 49.2 Å². The zero-order valence-corrected chi connectivity index (χ0v) is 14.4. The number of carbonyl (C=O) groups excluding carboxylic acids is 1. The Hall–Kier alpha value is -1.65. The van der Waals surface area contributed by atoms with E-state index >= 15 is 0 Å². The van der Waals surface area contributed by atoms with Crippen LogP contribution >= 0.6 is 23.4 Å². The van der Waals surface area contributed by atoms with Crippen LogP contribution in [0.25, 0.3) is 0 Å². The van der Waals surface area contributed by atoms with Crippen LogP contribution in [0.5, 0.6) is 5.75 Å². The van der Waals surface area contributed by atoms with Crippen molar-refractivity contribution in [1.82, 2.24) is 5.32 Å². The van der Waals surface area contributed by atoms with Crippen LogP contribution in [0.3, 0.4) is 0 Å². The zero-order chi connectivity index (χ0) is 16.2. The number of nitrogens with one attached hydrogen (secondary N) is 1. The number of carbonyl (C=O) groups is 1. The Balaban J connectivity index is 1.64. The molecule has 0 bridgehead atoms. The minimum Gasteiger partial charge on any atom is -0.481 e. The van der Waals surface area contributed by atoms with Gasteiger partial charge in [0.05, 0.1) is 6.04 Å². The van der Waals surface area contributed by atoms with Gasteiger partial charge in [-0.1, -0.05) is 29.8 Å². The molecule has 0 radical (unpaired) electrons. The van der Waals surface area contributed by atoms with Gasteiger partial charge in [0.25, 0.3) is 5.91 Å². The predicted octanol–water partition coefficient (Wildman–Crippen LogP) is 4.46. The predicted molar refractivity (Wildman–Crippen MR) is 94.2 cm³/mol. The molecule has 2 atom stereocenters. The van der Waals surface area contributed by atoms with E-state index in [1.165, 1.54) is 10.5 Å². The molecule has 0 spiro atoms. The summed E-state index contributed by atoms with van der Waals surface area (Å²) in [6.45, 7) is 1.76. The van der Waals surface area contributed by atoms with Crippen LogP contribution < -0.4 is 10.1 Å². The van der Waals surface area contributed by atoms with Crippen LogP contribution in [-0.4, -0.2) is 17.8 Å². The minimum atomic E-state index is -0.557. The molecule has 0 unspecified atom stereocenters. The first-order valence-electron chi connectivity index (χ1n) is 7.58. The lowest BCUT2D eigenvalue weighted by atomic mass is 10.0. The second-order valence-electron chi connectivity index (χ2n) is 5.45. The molecule has 0 saturated heterocycles. The Labute approximate surface area is 145 Å². The molecule has 5 heteroatoms. The first-order valence-corrected chi connectivity index (χ1v) is 8.94. The molecular weight excluding hydrogens is 330 g/mol. The summed E-state index contributed by atoms with van der Waals surface area (Å²) >= 11 is 7.69. The monoisotopic (exact) mass is 347 g/mol. The number of fused-ring (bicyclic) bond motifs is 1. The van der Waals surface area contributed by atoms with Crippen molar-refractivity contribution in [2.75, 3.05) is 5.75 Å². The van der Waals surface area contributed by atoms with Crippen molar-refractivity contribution in [2.45, 2.75) is 30.4 Å². The molecule has 23 heavy (non-hydrogen) atoms. The maximum Gasteiger partial charge on any atom is 0.261 e. The number of halogens is 1.